The van der Waals surface area contributed by atoms with E-state index in [2.05, 4.69) is 5.43 Å². The third-order valence-electron chi connectivity index (χ3n) is 4.26. The summed E-state index contributed by atoms with van der Waals surface area (Å²) in [7, 11) is 11.5. The SMILES string of the molecule is [B]C([B])(CCOC1C=CN(C(=O)OC(C)(C)C)N1)C1(C(F)(F)F)CC1. The molecular weight excluding hydrogens is 335 g/mol. The van der Waals surface area contributed by atoms with Crippen molar-refractivity contribution in [1.29, 1.82) is 0 Å². The van der Waals surface area contributed by atoms with E-state index in [9.17, 15) is 18.0 Å². The van der Waals surface area contributed by atoms with Crippen molar-refractivity contribution in [2.24, 2.45) is 5.41 Å². The quantitative estimate of drug-likeness (QED) is 0.770. The smallest absolute Gasteiger partial charge is 0.429 e. The number of hydrogen-bond donors (Lipinski definition) is 1. The summed E-state index contributed by atoms with van der Waals surface area (Å²) in [5.41, 5.74) is 0.0166. The number of alkyl halides is 3. The van der Waals surface area contributed by atoms with Crippen molar-refractivity contribution in [1.82, 2.24) is 10.4 Å². The summed E-state index contributed by atoms with van der Waals surface area (Å²) in [5, 5.41) is -0.787. The normalized spacial score (nSPS) is 23.0. The molecule has 10 heteroatoms. The Balaban J connectivity index is 1.79. The molecule has 0 saturated heterocycles. The Bertz CT molecular complexity index is 543. The van der Waals surface area contributed by atoms with Crippen LogP contribution in [-0.2, 0) is 9.47 Å². The molecule has 0 aromatic carbocycles. The number of amides is 1. The first kappa shape index (κ1) is 20.2. The highest BCUT2D eigenvalue weighted by Gasteiger charge is 2.68. The van der Waals surface area contributed by atoms with Gasteiger partial charge in [0, 0.05) is 12.8 Å². The standard InChI is InChI=1S/C15H21B2F3N2O3/c1-12(2,3)25-11(23)22-8-4-10(21-22)24-9-7-14(16,17)13(5-6-13)15(18,19)20/h4,8,10,21H,5-7,9H2,1-3H3. The molecule has 1 aliphatic carbocycles. The van der Waals surface area contributed by atoms with Crippen LogP contribution in [0, 0.1) is 5.41 Å². The number of hydrogen-bond acceptors (Lipinski definition) is 4. The van der Waals surface area contributed by atoms with Gasteiger partial charge in [-0.3, -0.25) is 0 Å². The number of rotatable bonds is 5. The van der Waals surface area contributed by atoms with E-state index in [-0.39, 0.29) is 25.9 Å². The molecule has 136 valence electrons. The van der Waals surface area contributed by atoms with Gasteiger partial charge in [-0.15, -0.1) is 0 Å². The average molecular weight is 356 g/mol. The van der Waals surface area contributed by atoms with Gasteiger partial charge < -0.3 is 9.47 Å². The molecule has 2 rings (SSSR count). The van der Waals surface area contributed by atoms with E-state index in [0.29, 0.717) is 0 Å². The largest absolute Gasteiger partial charge is 0.442 e. The number of nitrogens with zero attached hydrogens (tertiary/aromatic N) is 1. The molecular formula is C15H21B2F3N2O3. The number of carbonyl (C=O) groups excluding carboxylic acids is 1. The van der Waals surface area contributed by atoms with Crippen molar-refractivity contribution in [3.63, 3.8) is 0 Å². The zero-order chi connectivity index (χ0) is 19.1. The zero-order valence-corrected chi connectivity index (χ0v) is 14.5. The Morgan fingerprint density at radius 3 is 2.40 bits per heavy atom. The van der Waals surface area contributed by atoms with Crippen molar-refractivity contribution in [3.05, 3.63) is 12.3 Å². The monoisotopic (exact) mass is 356 g/mol. The third kappa shape index (κ3) is 4.53. The molecule has 1 heterocycles. The van der Waals surface area contributed by atoms with E-state index in [4.69, 9.17) is 25.2 Å². The average Bonchev–Trinajstić information content (AvgIpc) is 3.12. The first-order valence-electron chi connectivity index (χ1n) is 8.00. The minimum atomic E-state index is -4.43. The van der Waals surface area contributed by atoms with E-state index in [1.165, 1.54) is 12.3 Å². The van der Waals surface area contributed by atoms with Crippen molar-refractivity contribution in [2.75, 3.05) is 6.61 Å². The lowest BCUT2D eigenvalue weighted by atomic mass is 9.45. The molecule has 1 saturated carbocycles. The molecule has 4 radical (unpaired) electrons. The van der Waals surface area contributed by atoms with Gasteiger partial charge in [0.05, 0.1) is 21.1 Å². The topological polar surface area (TPSA) is 50.8 Å². The van der Waals surface area contributed by atoms with Crippen LogP contribution < -0.4 is 5.43 Å². The molecule has 0 aromatic rings. The Morgan fingerprint density at radius 1 is 1.32 bits per heavy atom. The van der Waals surface area contributed by atoms with Crippen LogP contribution in [0.3, 0.4) is 0 Å². The first-order valence-corrected chi connectivity index (χ1v) is 8.00. The van der Waals surface area contributed by atoms with Crippen LogP contribution >= 0.6 is 0 Å². The van der Waals surface area contributed by atoms with Gasteiger partial charge in [-0.1, -0.05) is 5.21 Å². The highest BCUT2D eigenvalue weighted by Crippen LogP contribution is 2.69. The minimum absolute atomic E-state index is 0.0719. The third-order valence-corrected chi connectivity index (χ3v) is 4.26. The molecule has 5 nitrogen and oxygen atoms in total. The predicted octanol–water partition coefficient (Wildman–Crippen LogP) is 2.78. The van der Waals surface area contributed by atoms with Gasteiger partial charge in [-0.2, -0.15) is 18.6 Å². The first-order chi connectivity index (χ1) is 11.3. The molecule has 0 spiro atoms. The van der Waals surface area contributed by atoms with Crippen molar-refractivity contribution in [3.8, 4) is 0 Å². The fraction of sp³-hybridized carbons (Fsp3) is 0.800. The highest BCUT2D eigenvalue weighted by molar-refractivity contribution is 6.40. The minimum Gasteiger partial charge on any atom is -0.442 e. The maximum absolute atomic E-state index is 13.1. The number of nitrogens with one attached hydrogen (secondary N) is 1. The van der Waals surface area contributed by atoms with Crippen LogP contribution in [0.25, 0.3) is 0 Å². The van der Waals surface area contributed by atoms with E-state index in [0.717, 1.165) is 5.01 Å². The fourth-order valence-corrected chi connectivity index (χ4v) is 2.64. The summed E-state index contributed by atoms with van der Waals surface area (Å²) in [6, 6.07) is 0. The fourth-order valence-electron chi connectivity index (χ4n) is 2.64. The molecule has 1 unspecified atom stereocenters. The van der Waals surface area contributed by atoms with Gasteiger partial charge in [-0.05, 0) is 46.1 Å². The second kappa shape index (κ2) is 6.54. The number of carbonyl (C=O) groups is 1. The maximum Gasteiger partial charge on any atom is 0.429 e. The van der Waals surface area contributed by atoms with Crippen LogP contribution in [0.15, 0.2) is 12.3 Å². The summed E-state index contributed by atoms with van der Waals surface area (Å²) in [5.74, 6) is 0. The van der Waals surface area contributed by atoms with Gasteiger partial charge in [0.25, 0.3) is 0 Å². The Kier molecular flexibility index (Phi) is 5.27. The van der Waals surface area contributed by atoms with Crippen LogP contribution in [0.2, 0.25) is 5.21 Å². The molecule has 25 heavy (non-hydrogen) atoms. The highest BCUT2D eigenvalue weighted by atomic mass is 19.4. The van der Waals surface area contributed by atoms with Crippen LogP contribution in [0.5, 0.6) is 0 Å². The molecule has 1 aliphatic heterocycles. The summed E-state index contributed by atoms with van der Waals surface area (Å²) >= 11 is 0. The van der Waals surface area contributed by atoms with Crippen LogP contribution in [0.4, 0.5) is 18.0 Å². The Hall–Kier alpha value is -1.15. The Morgan fingerprint density at radius 2 is 1.92 bits per heavy atom. The van der Waals surface area contributed by atoms with Crippen molar-refractivity contribution in [2.45, 2.75) is 63.3 Å². The van der Waals surface area contributed by atoms with Crippen LogP contribution in [0.1, 0.15) is 40.0 Å². The van der Waals surface area contributed by atoms with E-state index in [1.54, 1.807) is 20.8 Å². The lowest BCUT2D eigenvalue weighted by molar-refractivity contribution is -0.193. The van der Waals surface area contributed by atoms with E-state index >= 15 is 0 Å². The Labute approximate surface area is 148 Å². The van der Waals surface area contributed by atoms with Crippen molar-refractivity contribution < 1.29 is 27.4 Å². The zero-order valence-electron chi connectivity index (χ0n) is 14.5. The second-order valence-corrected chi connectivity index (χ2v) is 7.48. The predicted molar refractivity (Wildman–Crippen MR) is 86.6 cm³/mol. The van der Waals surface area contributed by atoms with E-state index < -0.39 is 34.7 Å². The van der Waals surface area contributed by atoms with Gasteiger partial charge in [0.1, 0.15) is 11.8 Å². The molecule has 1 N–H and O–H groups in total. The molecule has 1 atom stereocenters. The van der Waals surface area contributed by atoms with Crippen molar-refractivity contribution >= 4 is 21.8 Å². The molecule has 0 aromatic heterocycles. The van der Waals surface area contributed by atoms with E-state index in [1.807, 2.05) is 0 Å². The molecule has 1 amide bonds. The van der Waals surface area contributed by atoms with Gasteiger partial charge in [0.2, 0.25) is 0 Å². The van der Waals surface area contributed by atoms with Crippen LogP contribution in [-0.4, -0.2) is 51.4 Å². The number of ether oxygens (including phenoxy) is 2. The molecule has 0 bridgehead atoms. The summed E-state index contributed by atoms with van der Waals surface area (Å²) in [6.07, 6.45) is -3.07. The number of halogens is 3. The lowest BCUT2D eigenvalue weighted by Crippen LogP contribution is -2.44. The number of hydrazine groups is 1. The molecule has 2 aliphatic rings. The second-order valence-electron chi connectivity index (χ2n) is 7.48. The van der Waals surface area contributed by atoms with Gasteiger partial charge >= 0.3 is 12.3 Å². The van der Waals surface area contributed by atoms with Gasteiger partial charge in [-0.25, -0.2) is 9.80 Å². The summed E-state index contributed by atoms with van der Waals surface area (Å²) in [6.45, 7) is 5.11. The summed E-state index contributed by atoms with van der Waals surface area (Å²) in [4.78, 5) is 11.9. The summed E-state index contributed by atoms with van der Waals surface area (Å²) < 4.78 is 49.9. The lowest BCUT2D eigenvalue weighted by Gasteiger charge is -2.37. The maximum atomic E-state index is 13.1. The molecule has 1 fully saturated rings. The van der Waals surface area contributed by atoms with Gasteiger partial charge in [0.15, 0.2) is 0 Å².